The van der Waals surface area contributed by atoms with Gasteiger partial charge in [0.25, 0.3) is 0 Å². The predicted molar refractivity (Wildman–Crippen MR) is 63.7 cm³/mol. The average molecular weight is 253 g/mol. The van der Waals surface area contributed by atoms with Crippen LogP contribution in [0.25, 0.3) is 0 Å². The molecule has 1 unspecified atom stereocenters. The van der Waals surface area contributed by atoms with E-state index < -0.39 is 12.0 Å². The van der Waals surface area contributed by atoms with Gasteiger partial charge in [0.05, 0.1) is 14.2 Å². The summed E-state index contributed by atoms with van der Waals surface area (Å²) in [4.78, 5) is 23.0. The van der Waals surface area contributed by atoms with Gasteiger partial charge >= 0.3 is 5.97 Å². The fraction of sp³-hybridized carbons (Fsp3) is 0.333. The van der Waals surface area contributed by atoms with Crippen LogP contribution in [0, 0.1) is 0 Å². The maximum absolute atomic E-state index is 11.2. The number of ether oxygens (including phenoxy) is 2. The van der Waals surface area contributed by atoms with Crippen LogP contribution in [0.2, 0.25) is 0 Å². The standard InChI is InChI=1S/C12H15NO5/c1-13(7-14)11(12(15)16)9-5-4-8(17-2)6-10(9)18-3/h4-7,11H,1-3H3,(H,15,16). The molecular formula is C12H15NO5. The molecule has 0 fully saturated rings. The van der Waals surface area contributed by atoms with Crippen molar-refractivity contribution in [2.75, 3.05) is 21.3 Å². The third-order valence-corrected chi connectivity index (χ3v) is 2.54. The molecule has 6 nitrogen and oxygen atoms in total. The molecule has 0 heterocycles. The molecule has 0 aliphatic carbocycles. The summed E-state index contributed by atoms with van der Waals surface area (Å²) in [5.74, 6) is -0.225. The summed E-state index contributed by atoms with van der Waals surface area (Å²) in [6.07, 6.45) is 0.461. The van der Waals surface area contributed by atoms with Crippen LogP contribution >= 0.6 is 0 Å². The molecule has 0 radical (unpaired) electrons. The van der Waals surface area contributed by atoms with Crippen molar-refractivity contribution >= 4 is 12.4 Å². The van der Waals surface area contributed by atoms with Crippen molar-refractivity contribution in [3.63, 3.8) is 0 Å². The second-order valence-corrected chi connectivity index (χ2v) is 3.62. The van der Waals surface area contributed by atoms with E-state index >= 15 is 0 Å². The molecule has 1 aromatic carbocycles. The van der Waals surface area contributed by atoms with Gasteiger partial charge in [0, 0.05) is 18.7 Å². The lowest BCUT2D eigenvalue weighted by molar-refractivity contribution is -0.145. The number of likely N-dealkylation sites (N-methyl/N-ethyl adjacent to an activating group) is 1. The number of carbonyl (C=O) groups excluding carboxylic acids is 1. The SMILES string of the molecule is COc1ccc(C(C(=O)O)N(C)C=O)c(OC)c1. The van der Waals surface area contributed by atoms with E-state index in [1.165, 1.54) is 21.3 Å². The third kappa shape index (κ3) is 2.71. The van der Waals surface area contributed by atoms with Gasteiger partial charge in [-0.25, -0.2) is 4.79 Å². The quantitative estimate of drug-likeness (QED) is 0.763. The first-order chi connectivity index (χ1) is 8.54. The number of hydrogen-bond acceptors (Lipinski definition) is 4. The van der Waals surface area contributed by atoms with Crippen molar-refractivity contribution in [1.82, 2.24) is 4.90 Å². The van der Waals surface area contributed by atoms with Gasteiger partial charge in [0.1, 0.15) is 11.5 Å². The Morgan fingerprint density at radius 3 is 2.50 bits per heavy atom. The second-order valence-electron chi connectivity index (χ2n) is 3.62. The number of carboxylic acids is 1. The van der Waals surface area contributed by atoms with Crippen LogP contribution in [-0.4, -0.2) is 43.7 Å². The molecular weight excluding hydrogens is 238 g/mol. The summed E-state index contributed by atoms with van der Waals surface area (Å²) in [5.41, 5.74) is 0.389. The minimum absolute atomic E-state index is 0.357. The lowest BCUT2D eigenvalue weighted by Gasteiger charge is -2.22. The predicted octanol–water partition coefficient (Wildman–Crippen LogP) is 0.918. The number of amides is 1. The smallest absolute Gasteiger partial charge is 0.331 e. The molecule has 0 saturated carbocycles. The monoisotopic (exact) mass is 253 g/mol. The van der Waals surface area contributed by atoms with Gasteiger partial charge in [-0.3, -0.25) is 4.79 Å². The number of carboxylic acid groups (broad SMARTS) is 1. The zero-order chi connectivity index (χ0) is 13.7. The van der Waals surface area contributed by atoms with Crippen LogP contribution in [-0.2, 0) is 9.59 Å². The summed E-state index contributed by atoms with van der Waals surface area (Å²) < 4.78 is 10.2. The molecule has 98 valence electrons. The van der Waals surface area contributed by atoms with E-state index in [-0.39, 0.29) is 0 Å². The summed E-state index contributed by atoms with van der Waals surface area (Å²) in [6, 6.07) is 3.66. The number of methoxy groups -OCH3 is 2. The molecule has 0 aliphatic rings. The van der Waals surface area contributed by atoms with E-state index in [0.29, 0.717) is 23.5 Å². The van der Waals surface area contributed by atoms with Crippen LogP contribution in [0.1, 0.15) is 11.6 Å². The summed E-state index contributed by atoms with van der Waals surface area (Å²) in [5, 5.41) is 9.19. The highest BCUT2D eigenvalue weighted by Gasteiger charge is 2.27. The zero-order valence-electron chi connectivity index (χ0n) is 10.4. The van der Waals surface area contributed by atoms with Crippen LogP contribution in [0.4, 0.5) is 0 Å². The molecule has 0 bridgehead atoms. The Balaban J connectivity index is 3.27. The third-order valence-electron chi connectivity index (χ3n) is 2.54. The lowest BCUT2D eigenvalue weighted by atomic mass is 10.0. The molecule has 1 amide bonds. The van der Waals surface area contributed by atoms with Crippen molar-refractivity contribution in [2.24, 2.45) is 0 Å². The van der Waals surface area contributed by atoms with Gasteiger partial charge in [-0.15, -0.1) is 0 Å². The fourth-order valence-corrected chi connectivity index (χ4v) is 1.63. The molecule has 6 heteroatoms. The number of rotatable bonds is 6. The number of carbonyl (C=O) groups is 2. The highest BCUT2D eigenvalue weighted by atomic mass is 16.5. The van der Waals surface area contributed by atoms with Crippen LogP contribution in [0.3, 0.4) is 0 Å². The number of hydrogen-bond donors (Lipinski definition) is 1. The molecule has 1 rings (SSSR count). The van der Waals surface area contributed by atoms with E-state index in [1.54, 1.807) is 18.2 Å². The van der Waals surface area contributed by atoms with E-state index in [1.807, 2.05) is 0 Å². The van der Waals surface area contributed by atoms with E-state index in [2.05, 4.69) is 0 Å². The van der Waals surface area contributed by atoms with Crippen LogP contribution in [0.15, 0.2) is 18.2 Å². The van der Waals surface area contributed by atoms with E-state index in [9.17, 15) is 14.7 Å². The molecule has 0 aliphatic heterocycles. The van der Waals surface area contributed by atoms with E-state index in [4.69, 9.17) is 9.47 Å². The Bertz CT molecular complexity index is 446. The lowest BCUT2D eigenvalue weighted by Crippen LogP contribution is -2.30. The Morgan fingerprint density at radius 1 is 1.39 bits per heavy atom. The van der Waals surface area contributed by atoms with Crippen LogP contribution in [0.5, 0.6) is 11.5 Å². The Hall–Kier alpha value is -2.24. The Kier molecular flexibility index (Phi) is 4.53. The van der Waals surface area contributed by atoms with Gasteiger partial charge in [0.15, 0.2) is 6.04 Å². The normalized spacial score (nSPS) is 11.5. The Labute approximate surface area is 105 Å². The zero-order valence-corrected chi connectivity index (χ0v) is 10.4. The molecule has 0 aromatic heterocycles. The maximum atomic E-state index is 11.2. The highest BCUT2D eigenvalue weighted by Crippen LogP contribution is 2.31. The number of benzene rings is 1. The van der Waals surface area contributed by atoms with Crippen molar-refractivity contribution in [3.05, 3.63) is 23.8 Å². The summed E-state index contributed by atoms with van der Waals surface area (Å²) in [7, 11) is 4.33. The first-order valence-electron chi connectivity index (χ1n) is 5.17. The first kappa shape index (κ1) is 13.8. The topological polar surface area (TPSA) is 76.1 Å². The summed E-state index contributed by atoms with van der Waals surface area (Å²) in [6.45, 7) is 0. The molecule has 0 saturated heterocycles. The molecule has 0 spiro atoms. The van der Waals surface area contributed by atoms with Crippen molar-refractivity contribution < 1.29 is 24.2 Å². The largest absolute Gasteiger partial charge is 0.497 e. The van der Waals surface area contributed by atoms with Gasteiger partial charge in [-0.1, -0.05) is 0 Å². The molecule has 1 N–H and O–H groups in total. The van der Waals surface area contributed by atoms with E-state index in [0.717, 1.165) is 4.90 Å². The van der Waals surface area contributed by atoms with Crippen molar-refractivity contribution in [3.8, 4) is 11.5 Å². The minimum atomic E-state index is -1.13. The summed E-state index contributed by atoms with van der Waals surface area (Å²) >= 11 is 0. The van der Waals surface area contributed by atoms with Gasteiger partial charge in [-0.2, -0.15) is 0 Å². The molecule has 1 aromatic rings. The van der Waals surface area contributed by atoms with Crippen LogP contribution < -0.4 is 9.47 Å². The fourth-order valence-electron chi connectivity index (χ4n) is 1.63. The van der Waals surface area contributed by atoms with Crippen molar-refractivity contribution in [2.45, 2.75) is 6.04 Å². The van der Waals surface area contributed by atoms with Gasteiger partial charge in [0.2, 0.25) is 6.41 Å². The minimum Gasteiger partial charge on any atom is -0.497 e. The van der Waals surface area contributed by atoms with Gasteiger partial charge in [-0.05, 0) is 12.1 Å². The highest BCUT2D eigenvalue weighted by molar-refractivity contribution is 5.79. The van der Waals surface area contributed by atoms with Crippen molar-refractivity contribution in [1.29, 1.82) is 0 Å². The average Bonchev–Trinajstić information content (AvgIpc) is 2.38. The number of nitrogens with zero attached hydrogens (tertiary/aromatic N) is 1. The second kappa shape index (κ2) is 5.90. The maximum Gasteiger partial charge on any atom is 0.331 e. The van der Waals surface area contributed by atoms with Gasteiger partial charge < -0.3 is 19.5 Å². The first-order valence-corrected chi connectivity index (χ1v) is 5.17. The number of aliphatic carboxylic acids is 1. The molecule has 18 heavy (non-hydrogen) atoms. The Morgan fingerprint density at radius 2 is 2.06 bits per heavy atom. The molecule has 1 atom stereocenters.